The lowest BCUT2D eigenvalue weighted by atomic mass is 10.2. The minimum absolute atomic E-state index is 0.0809. The van der Waals surface area contributed by atoms with Crippen molar-refractivity contribution >= 4 is 22.7 Å². The van der Waals surface area contributed by atoms with Crippen molar-refractivity contribution in [2.24, 2.45) is 0 Å². The molecule has 0 radical (unpaired) electrons. The van der Waals surface area contributed by atoms with Gasteiger partial charge in [-0.25, -0.2) is 4.79 Å². The highest BCUT2D eigenvalue weighted by Gasteiger charge is 2.14. The zero-order chi connectivity index (χ0) is 19.1. The summed E-state index contributed by atoms with van der Waals surface area (Å²) in [6.07, 6.45) is 5.12. The molecule has 0 aliphatic rings. The first-order chi connectivity index (χ1) is 12.5. The molecule has 0 saturated carbocycles. The van der Waals surface area contributed by atoms with Crippen molar-refractivity contribution in [1.29, 1.82) is 0 Å². The third-order valence-corrected chi connectivity index (χ3v) is 3.81. The predicted octanol–water partition coefficient (Wildman–Crippen LogP) is -0.561. The number of terminal acetylenes is 1. The third kappa shape index (κ3) is 4.19. The van der Waals surface area contributed by atoms with E-state index in [-0.39, 0.29) is 44.1 Å². The fraction of sp³-hybridized carbons (Fsp3) is 0.333. The van der Waals surface area contributed by atoms with E-state index in [2.05, 4.69) is 16.6 Å². The molecule has 0 aliphatic carbocycles. The van der Waals surface area contributed by atoms with Crippen LogP contribution in [0.4, 0.5) is 0 Å². The number of aromatic nitrogens is 2. The molecule has 1 aromatic carbocycles. The highest BCUT2D eigenvalue weighted by molar-refractivity contribution is 5.82. The van der Waals surface area contributed by atoms with Crippen LogP contribution in [0.15, 0.2) is 33.9 Å². The molecule has 0 saturated heterocycles. The fourth-order valence-electron chi connectivity index (χ4n) is 2.56. The molecule has 2 amide bonds. The topological polar surface area (TPSA) is 102 Å². The van der Waals surface area contributed by atoms with E-state index >= 15 is 0 Å². The predicted molar refractivity (Wildman–Crippen MR) is 97.6 cm³/mol. The maximum Gasteiger partial charge on any atom is 0.331 e. The van der Waals surface area contributed by atoms with E-state index in [1.807, 2.05) is 0 Å². The lowest BCUT2D eigenvalue weighted by Gasteiger charge is -2.13. The number of para-hydroxylation sites is 1. The largest absolute Gasteiger partial charge is 0.354 e. The molecule has 0 unspecified atom stereocenters. The Bertz CT molecular complexity index is 981. The molecule has 26 heavy (non-hydrogen) atoms. The first-order valence-electron chi connectivity index (χ1n) is 8.18. The molecule has 2 N–H and O–H groups in total. The van der Waals surface area contributed by atoms with Gasteiger partial charge < -0.3 is 10.6 Å². The lowest BCUT2D eigenvalue weighted by molar-refractivity contribution is -0.122. The molecule has 2 rings (SSSR count). The second kappa shape index (κ2) is 8.67. The maximum atomic E-state index is 12.5. The Hall–Kier alpha value is -3.34. The van der Waals surface area contributed by atoms with Gasteiger partial charge in [0.1, 0.15) is 6.54 Å². The van der Waals surface area contributed by atoms with E-state index in [1.165, 1.54) is 4.57 Å². The first kappa shape index (κ1) is 19.0. The van der Waals surface area contributed by atoms with Gasteiger partial charge in [0, 0.05) is 19.5 Å². The summed E-state index contributed by atoms with van der Waals surface area (Å²) in [5.74, 6) is 1.58. The molecule has 0 bridgehead atoms. The number of rotatable bonds is 7. The molecule has 8 heteroatoms. The quantitative estimate of drug-likeness (QED) is 0.649. The van der Waals surface area contributed by atoms with Gasteiger partial charge in [0.15, 0.2) is 0 Å². The van der Waals surface area contributed by atoms with E-state index in [9.17, 15) is 19.2 Å². The highest BCUT2D eigenvalue weighted by atomic mass is 16.2. The van der Waals surface area contributed by atoms with Crippen molar-refractivity contribution in [2.45, 2.75) is 26.4 Å². The first-order valence-corrected chi connectivity index (χ1v) is 8.18. The van der Waals surface area contributed by atoms with E-state index in [4.69, 9.17) is 6.42 Å². The zero-order valence-corrected chi connectivity index (χ0v) is 14.4. The van der Waals surface area contributed by atoms with Gasteiger partial charge in [-0.15, -0.1) is 6.42 Å². The van der Waals surface area contributed by atoms with Crippen LogP contribution in [0.3, 0.4) is 0 Å². The number of carbonyl (C=O) groups excluding carboxylic acids is 2. The number of nitrogens with one attached hydrogen (secondary N) is 2. The van der Waals surface area contributed by atoms with Gasteiger partial charge in [-0.1, -0.05) is 18.1 Å². The van der Waals surface area contributed by atoms with Gasteiger partial charge in [0.2, 0.25) is 11.8 Å². The van der Waals surface area contributed by atoms with E-state index in [0.717, 1.165) is 4.57 Å². The average molecular weight is 356 g/mol. The monoisotopic (exact) mass is 356 g/mol. The minimum atomic E-state index is -0.543. The third-order valence-electron chi connectivity index (χ3n) is 3.81. The van der Waals surface area contributed by atoms with E-state index < -0.39 is 11.6 Å². The van der Waals surface area contributed by atoms with Crippen LogP contribution < -0.4 is 21.9 Å². The number of hydrogen-bond donors (Lipinski definition) is 2. The van der Waals surface area contributed by atoms with Crippen LogP contribution in [0.25, 0.3) is 10.9 Å². The summed E-state index contributed by atoms with van der Waals surface area (Å²) >= 11 is 0. The summed E-state index contributed by atoms with van der Waals surface area (Å²) in [6.45, 7) is 1.91. The van der Waals surface area contributed by atoms with Crippen LogP contribution in [-0.2, 0) is 22.7 Å². The van der Waals surface area contributed by atoms with Gasteiger partial charge in [-0.05, 0) is 19.1 Å². The van der Waals surface area contributed by atoms with Crippen molar-refractivity contribution in [2.75, 3.05) is 13.1 Å². The van der Waals surface area contributed by atoms with Crippen LogP contribution in [0.2, 0.25) is 0 Å². The number of hydrogen-bond acceptors (Lipinski definition) is 4. The lowest BCUT2D eigenvalue weighted by Crippen LogP contribution is -2.42. The number of benzene rings is 1. The molecular weight excluding hydrogens is 336 g/mol. The van der Waals surface area contributed by atoms with Crippen LogP contribution in [-0.4, -0.2) is 34.0 Å². The number of nitrogens with zero attached hydrogens (tertiary/aromatic N) is 2. The Morgan fingerprint density at radius 1 is 1.12 bits per heavy atom. The Morgan fingerprint density at radius 2 is 1.85 bits per heavy atom. The SMILES string of the molecule is C#CCNC(=O)CCNC(=O)Cn1c(=O)n(CC)c(=O)c2ccccc21. The second-order valence-corrected chi connectivity index (χ2v) is 5.52. The minimum Gasteiger partial charge on any atom is -0.354 e. The molecule has 1 heterocycles. The average Bonchev–Trinajstić information content (AvgIpc) is 2.64. The summed E-state index contributed by atoms with van der Waals surface area (Å²) in [5, 5.41) is 5.45. The summed E-state index contributed by atoms with van der Waals surface area (Å²) in [5.41, 5.74) is -0.526. The van der Waals surface area contributed by atoms with Gasteiger partial charge in [0.05, 0.1) is 17.4 Å². The smallest absolute Gasteiger partial charge is 0.331 e. The standard InChI is InChI=1S/C18H20N4O4/c1-3-10-19-15(23)9-11-20-16(24)12-22-14-8-6-5-7-13(14)17(25)21(4-2)18(22)26/h1,5-8H,4,9-12H2,2H3,(H,19,23)(H,20,24). The van der Waals surface area contributed by atoms with Crippen molar-refractivity contribution < 1.29 is 9.59 Å². The number of carbonyl (C=O) groups is 2. The zero-order valence-electron chi connectivity index (χ0n) is 14.4. The van der Waals surface area contributed by atoms with E-state index in [0.29, 0.717) is 10.9 Å². The fourth-order valence-corrected chi connectivity index (χ4v) is 2.56. The molecule has 0 spiro atoms. The summed E-state index contributed by atoms with van der Waals surface area (Å²) in [4.78, 5) is 48.5. The van der Waals surface area contributed by atoms with Crippen LogP contribution in [0.1, 0.15) is 13.3 Å². The Morgan fingerprint density at radius 3 is 2.54 bits per heavy atom. The van der Waals surface area contributed by atoms with Crippen LogP contribution in [0, 0.1) is 12.3 Å². The number of amides is 2. The molecular formula is C18H20N4O4. The molecule has 0 aliphatic heterocycles. The van der Waals surface area contributed by atoms with Gasteiger partial charge in [-0.3, -0.25) is 23.5 Å². The van der Waals surface area contributed by atoms with Gasteiger partial charge >= 0.3 is 5.69 Å². The molecule has 0 fully saturated rings. The molecule has 8 nitrogen and oxygen atoms in total. The van der Waals surface area contributed by atoms with Gasteiger partial charge in [-0.2, -0.15) is 0 Å². The maximum absolute atomic E-state index is 12.5. The van der Waals surface area contributed by atoms with E-state index in [1.54, 1.807) is 31.2 Å². The summed E-state index contributed by atoms with van der Waals surface area (Å²) in [7, 11) is 0. The Kier molecular flexibility index (Phi) is 6.33. The van der Waals surface area contributed by atoms with Crippen molar-refractivity contribution in [3.63, 3.8) is 0 Å². The molecule has 136 valence electrons. The van der Waals surface area contributed by atoms with Crippen molar-refractivity contribution in [3.05, 3.63) is 45.1 Å². The Balaban J connectivity index is 2.17. The second-order valence-electron chi connectivity index (χ2n) is 5.52. The summed E-state index contributed by atoms with van der Waals surface area (Å²) < 4.78 is 2.34. The molecule has 1 aromatic heterocycles. The summed E-state index contributed by atoms with van der Waals surface area (Å²) in [6, 6.07) is 6.64. The van der Waals surface area contributed by atoms with Crippen LogP contribution >= 0.6 is 0 Å². The highest BCUT2D eigenvalue weighted by Crippen LogP contribution is 2.07. The van der Waals surface area contributed by atoms with Crippen molar-refractivity contribution in [3.8, 4) is 12.3 Å². The normalized spacial score (nSPS) is 10.3. The molecule has 2 aromatic rings. The van der Waals surface area contributed by atoms with Crippen molar-refractivity contribution in [1.82, 2.24) is 19.8 Å². The molecule has 0 atom stereocenters. The van der Waals surface area contributed by atoms with Crippen LogP contribution in [0.5, 0.6) is 0 Å². The number of fused-ring (bicyclic) bond motifs is 1. The van der Waals surface area contributed by atoms with Gasteiger partial charge in [0.25, 0.3) is 5.56 Å². The Labute approximate surface area is 149 Å².